The third-order valence-corrected chi connectivity index (χ3v) is 2.71. The first-order chi connectivity index (χ1) is 8.81. The van der Waals surface area contributed by atoms with E-state index in [2.05, 4.69) is 10.3 Å². The van der Waals surface area contributed by atoms with Crippen LogP contribution < -0.4 is 10.1 Å². The highest BCUT2D eigenvalue weighted by atomic mass is 16.5. The van der Waals surface area contributed by atoms with Crippen molar-refractivity contribution in [2.75, 3.05) is 26.4 Å². The maximum absolute atomic E-state index is 12.2. The third kappa shape index (κ3) is 3.27. The van der Waals surface area contributed by atoms with E-state index in [1.807, 2.05) is 6.92 Å². The smallest absolute Gasteiger partial charge is 0.183 e. The largest absolute Gasteiger partial charge is 0.492 e. The van der Waals surface area contributed by atoms with Crippen LogP contribution in [0.1, 0.15) is 23.7 Å². The van der Waals surface area contributed by atoms with Crippen molar-refractivity contribution >= 4 is 5.78 Å². The number of rotatable bonds is 5. The molecule has 18 heavy (non-hydrogen) atoms. The number of ketones is 1. The Bertz CT molecular complexity index is 403. The predicted octanol–water partition coefficient (Wildman–Crippen LogP) is 1.04. The van der Waals surface area contributed by atoms with E-state index >= 15 is 0 Å². The van der Waals surface area contributed by atoms with E-state index in [1.165, 1.54) is 0 Å². The lowest BCUT2D eigenvalue weighted by atomic mass is 10.1. The minimum atomic E-state index is -0.276. The van der Waals surface area contributed by atoms with Crippen LogP contribution in [0.4, 0.5) is 0 Å². The zero-order valence-corrected chi connectivity index (χ0v) is 10.5. The fourth-order valence-corrected chi connectivity index (χ4v) is 1.79. The first kappa shape index (κ1) is 13.0. The van der Waals surface area contributed by atoms with Gasteiger partial charge in [-0.3, -0.25) is 9.78 Å². The van der Waals surface area contributed by atoms with E-state index in [1.54, 1.807) is 18.5 Å². The monoisotopic (exact) mass is 250 g/mol. The van der Waals surface area contributed by atoms with Crippen LogP contribution in [0, 0.1) is 0 Å². The summed E-state index contributed by atoms with van der Waals surface area (Å²) >= 11 is 0. The van der Waals surface area contributed by atoms with Crippen molar-refractivity contribution in [1.29, 1.82) is 0 Å². The van der Waals surface area contributed by atoms with Crippen molar-refractivity contribution in [1.82, 2.24) is 10.3 Å². The molecule has 0 bridgehead atoms. The number of carbonyl (C=O) groups excluding carboxylic acids is 1. The van der Waals surface area contributed by atoms with Crippen molar-refractivity contribution in [2.24, 2.45) is 0 Å². The van der Waals surface area contributed by atoms with Gasteiger partial charge in [-0.25, -0.2) is 0 Å². The molecule has 1 aromatic rings. The molecule has 5 heteroatoms. The molecule has 1 saturated heterocycles. The van der Waals surface area contributed by atoms with Gasteiger partial charge in [-0.05, 0) is 12.5 Å². The summed E-state index contributed by atoms with van der Waals surface area (Å²) in [5.74, 6) is 0.642. The number of carbonyl (C=O) groups is 1. The molecule has 1 atom stereocenters. The van der Waals surface area contributed by atoms with Gasteiger partial charge in [0.1, 0.15) is 5.75 Å². The maximum atomic E-state index is 12.2. The Morgan fingerprint density at radius 3 is 3.22 bits per heavy atom. The lowest BCUT2D eigenvalue weighted by molar-refractivity contribution is 0.0607. The molecule has 0 aromatic carbocycles. The molecule has 1 unspecified atom stereocenters. The maximum Gasteiger partial charge on any atom is 0.183 e. The Balaban J connectivity index is 2.04. The second kappa shape index (κ2) is 6.47. The molecule has 1 N–H and O–H groups in total. The first-order valence-corrected chi connectivity index (χ1v) is 6.24. The summed E-state index contributed by atoms with van der Waals surface area (Å²) < 4.78 is 10.8. The van der Waals surface area contributed by atoms with Gasteiger partial charge in [0.05, 0.1) is 32.1 Å². The molecule has 0 amide bonds. The van der Waals surface area contributed by atoms with Crippen LogP contribution in [-0.2, 0) is 4.74 Å². The van der Waals surface area contributed by atoms with Crippen LogP contribution in [0.5, 0.6) is 5.75 Å². The molecule has 0 radical (unpaired) electrons. The van der Waals surface area contributed by atoms with Gasteiger partial charge in [0.2, 0.25) is 0 Å². The number of ether oxygens (including phenoxy) is 2. The third-order valence-electron chi connectivity index (χ3n) is 2.71. The van der Waals surface area contributed by atoms with E-state index in [-0.39, 0.29) is 11.8 Å². The van der Waals surface area contributed by atoms with Crippen molar-refractivity contribution in [3.05, 3.63) is 24.0 Å². The van der Waals surface area contributed by atoms with Gasteiger partial charge in [0.15, 0.2) is 5.78 Å². The van der Waals surface area contributed by atoms with Crippen molar-refractivity contribution < 1.29 is 14.3 Å². The number of hydrogen-bond acceptors (Lipinski definition) is 5. The SMILES string of the molecule is CCCOc1cncc(C(=O)C2COCCN2)c1. The highest BCUT2D eigenvalue weighted by Gasteiger charge is 2.22. The quantitative estimate of drug-likeness (QED) is 0.791. The molecule has 2 rings (SSSR count). The van der Waals surface area contributed by atoms with Gasteiger partial charge < -0.3 is 14.8 Å². The molecular formula is C13H18N2O3. The second-order valence-corrected chi connectivity index (χ2v) is 4.20. The number of nitrogens with zero attached hydrogens (tertiary/aromatic N) is 1. The molecule has 1 fully saturated rings. The molecule has 1 aromatic heterocycles. The number of pyridine rings is 1. The highest BCUT2D eigenvalue weighted by Crippen LogP contribution is 2.14. The number of morpholine rings is 1. The van der Waals surface area contributed by atoms with Gasteiger partial charge >= 0.3 is 0 Å². The zero-order valence-electron chi connectivity index (χ0n) is 10.5. The molecular weight excluding hydrogens is 232 g/mol. The lowest BCUT2D eigenvalue weighted by Crippen LogP contribution is -2.46. The summed E-state index contributed by atoms with van der Waals surface area (Å²) in [5.41, 5.74) is 0.562. The predicted molar refractivity (Wildman–Crippen MR) is 67.0 cm³/mol. The lowest BCUT2D eigenvalue weighted by Gasteiger charge is -2.22. The van der Waals surface area contributed by atoms with Gasteiger partial charge in [-0.1, -0.05) is 6.92 Å². The topological polar surface area (TPSA) is 60.5 Å². The number of hydrogen-bond donors (Lipinski definition) is 1. The van der Waals surface area contributed by atoms with Crippen LogP contribution in [0.3, 0.4) is 0 Å². The van der Waals surface area contributed by atoms with Crippen molar-refractivity contribution in [3.63, 3.8) is 0 Å². The van der Waals surface area contributed by atoms with Gasteiger partial charge in [0.25, 0.3) is 0 Å². The zero-order chi connectivity index (χ0) is 12.8. The van der Waals surface area contributed by atoms with E-state index in [0.29, 0.717) is 37.7 Å². The molecule has 0 spiro atoms. The van der Waals surface area contributed by atoms with Crippen molar-refractivity contribution in [3.8, 4) is 5.75 Å². The van der Waals surface area contributed by atoms with Crippen LogP contribution in [0.2, 0.25) is 0 Å². The van der Waals surface area contributed by atoms with E-state index in [9.17, 15) is 4.79 Å². The standard InChI is InChI=1S/C13H18N2O3/c1-2-4-18-11-6-10(7-14-8-11)13(16)12-9-17-5-3-15-12/h6-8,12,15H,2-5,9H2,1H3. The number of nitrogens with one attached hydrogen (secondary N) is 1. The van der Waals surface area contributed by atoms with Crippen LogP contribution >= 0.6 is 0 Å². The summed E-state index contributed by atoms with van der Waals surface area (Å²) in [6.45, 7) is 4.44. The Hall–Kier alpha value is -1.46. The van der Waals surface area contributed by atoms with Gasteiger partial charge in [0, 0.05) is 18.3 Å². The molecule has 1 aliphatic heterocycles. The Labute approximate surface area is 107 Å². The average Bonchev–Trinajstić information content (AvgIpc) is 2.45. The summed E-state index contributed by atoms with van der Waals surface area (Å²) in [5, 5.41) is 3.14. The van der Waals surface area contributed by atoms with Crippen LogP contribution in [0.15, 0.2) is 18.5 Å². The minimum Gasteiger partial charge on any atom is -0.492 e. The fourth-order valence-electron chi connectivity index (χ4n) is 1.79. The summed E-state index contributed by atoms with van der Waals surface area (Å²) in [4.78, 5) is 16.2. The molecule has 2 heterocycles. The van der Waals surface area contributed by atoms with E-state index < -0.39 is 0 Å². The number of aromatic nitrogens is 1. The van der Waals surface area contributed by atoms with Crippen LogP contribution in [-0.4, -0.2) is 43.2 Å². The Kier molecular flexibility index (Phi) is 4.66. The minimum absolute atomic E-state index is 0.00384. The van der Waals surface area contributed by atoms with Crippen molar-refractivity contribution in [2.45, 2.75) is 19.4 Å². The summed E-state index contributed by atoms with van der Waals surface area (Å²) in [6.07, 6.45) is 4.12. The van der Waals surface area contributed by atoms with Crippen LogP contribution in [0.25, 0.3) is 0 Å². The number of Topliss-reactive ketones (excluding diaryl/α,β-unsaturated/α-hetero) is 1. The van der Waals surface area contributed by atoms with Gasteiger partial charge in [-0.15, -0.1) is 0 Å². The second-order valence-electron chi connectivity index (χ2n) is 4.20. The molecule has 1 aliphatic rings. The van der Waals surface area contributed by atoms with E-state index in [4.69, 9.17) is 9.47 Å². The summed E-state index contributed by atoms with van der Waals surface area (Å²) in [7, 11) is 0. The summed E-state index contributed by atoms with van der Waals surface area (Å²) in [6, 6.07) is 1.46. The Morgan fingerprint density at radius 2 is 2.50 bits per heavy atom. The average molecular weight is 250 g/mol. The molecule has 98 valence electrons. The first-order valence-electron chi connectivity index (χ1n) is 6.24. The molecule has 5 nitrogen and oxygen atoms in total. The molecule has 0 aliphatic carbocycles. The van der Waals surface area contributed by atoms with E-state index in [0.717, 1.165) is 6.42 Å². The Morgan fingerprint density at radius 1 is 1.61 bits per heavy atom. The fraction of sp³-hybridized carbons (Fsp3) is 0.538. The van der Waals surface area contributed by atoms with Gasteiger partial charge in [-0.2, -0.15) is 0 Å². The highest BCUT2D eigenvalue weighted by molar-refractivity contribution is 6.00. The molecule has 0 saturated carbocycles. The normalized spacial score (nSPS) is 19.5.